The lowest BCUT2D eigenvalue weighted by atomic mass is 10.1. The summed E-state index contributed by atoms with van der Waals surface area (Å²) in [6.07, 6.45) is 0. The Morgan fingerprint density at radius 3 is 2.62 bits per heavy atom. The van der Waals surface area contributed by atoms with Crippen LogP contribution in [0, 0.1) is 6.92 Å². The largest absolute Gasteiger partial charge is 0.379 e. The van der Waals surface area contributed by atoms with Gasteiger partial charge in [-0.1, -0.05) is 0 Å². The summed E-state index contributed by atoms with van der Waals surface area (Å²) in [6.45, 7) is 9.05. The van der Waals surface area contributed by atoms with Crippen LogP contribution in [-0.4, -0.2) is 62.8 Å². The molecule has 3 amide bonds. The number of rotatable bonds is 6. The number of urea groups is 1. The van der Waals surface area contributed by atoms with Gasteiger partial charge in [0.2, 0.25) is 0 Å². The van der Waals surface area contributed by atoms with E-state index >= 15 is 0 Å². The second-order valence-corrected chi connectivity index (χ2v) is 5.72. The fourth-order valence-electron chi connectivity index (χ4n) is 2.53. The molecule has 1 aromatic rings. The SMILES string of the molecule is CCNC(=O)c1ccc(NC(=O)NCCN2CCOCC2)c(C)c1. The molecular formula is C17H26N4O3. The number of benzene rings is 1. The zero-order valence-corrected chi connectivity index (χ0v) is 14.4. The van der Waals surface area contributed by atoms with Crippen molar-refractivity contribution in [3.63, 3.8) is 0 Å². The Balaban J connectivity index is 1.79. The summed E-state index contributed by atoms with van der Waals surface area (Å²) in [4.78, 5) is 26.0. The van der Waals surface area contributed by atoms with Gasteiger partial charge in [-0.25, -0.2) is 4.79 Å². The Kier molecular flexibility index (Phi) is 7.02. The molecule has 3 N–H and O–H groups in total. The van der Waals surface area contributed by atoms with E-state index < -0.39 is 0 Å². The van der Waals surface area contributed by atoms with Gasteiger partial charge in [-0.05, 0) is 37.6 Å². The minimum atomic E-state index is -0.239. The molecular weight excluding hydrogens is 308 g/mol. The first-order valence-corrected chi connectivity index (χ1v) is 8.34. The normalized spacial score (nSPS) is 14.9. The average Bonchev–Trinajstić information content (AvgIpc) is 2.58. The average molecular weight is 334 g/mol. The number of amides is 3. The lowest BCUT2D eigenvalue weighted by Crippen LogP contribution is -2.42. The second-order valence-electron chi connectivity index (χ2n) is 5.72. The molecule has 1 fully saturated rings. The molecule has 1 aliphatic heterocycles. The molecule has 1 aromatic carbocycles. The third-order valence-electron chi connectivity index (χ3n) is 3.89. The number of morpholine rings is 1. The van der Waals surface area contributed by atoms with Crippen LogP contribution in [0.4, 0.5) is 10.5 Å². The second kappa shape index (κ2) is 9.24. The third-order valence-corrected chi connectivity index (χ3v) is 3.89. The highest BCUT2D eigenvalue weighted by molar-refractivity contribution is 5.96. The molecule has 1 saturated heterocycles. The molecule has 2 rings (SSSR count). The Bertz CT molecular complexity index is 571. The summed E-state index contributed by atoms with van der Waals surface area (Å²) in [5, 5.41) is 8.43. The monoisotopic (exact) mass is 334 g/mol. The predicted octanol–water partition coefficient (Wildman–Crippen LogP) is 1.20. The molecule has 0 bridgehead atoms. The molecule has 0 aliphatic carbocycles. The van der Waals surface area contributed by atoms with Gasteiger partial charge < -0.3 is 20.7 Å². The zero-order valence-electron chi connectivity index (χ0n) is 14.4. The Morgan fingerprint density at radius 1 is 1.21 bits per heavy atom. The molecule has 0 spiro atoms. The van der Waals surface area contributed by atoms with Crippen LogP contribution in [0.2, 0.25) is 0 Å². The first kappa shape index (κ1) is 18.2. The highest BCUT2D eigenvalue weighted by atomic mass is 16.5. The first-order valence-electron chi connectivity index (χ1n) is 8.34. The molecule has 0 atom stereocenters. The smallest absolute Gasteiger partial charge is 0.319 e. The van der Waals surface area contributed by atoms with Gasteiger partial charge in [0.15, 0.2) is 0 Å². The van der Waals surface area contributed by atoms with Gasteiger partial charge in [0.25, 0.3) is 5.91 Å². The number of nitrogens with one attached hydrogen (secondary N) is 3. The molecule has 7 heteroatoms. The summed E-state index contributed by atoms with van der Waals surface area (Å²) >= 11 is 0. The number of aryl methyl sites for hydroxylation is 1. The van der Waals surface area contributed by atoms with Crippen LogP contribution in [-0.2, 0) is 4.74 Å². The molecule has 1 heterocycles. The van der Waals surface area contributed by atoms with Crippen LogP contribution >= 0.6 is 0 Å². The maximum Gasteiger partial charge on any atom is 0.319 e. The minimum Gasteiger partial charge on any atom is -0.379 e. The van der Waals surface area contributed by atoms with Crippen molar-refractivity contribution in [1.29, 1.82) is 0 Å². The van der Waals surface area contributed by atoms with Crippen LogP contribution in [0.3, 0.4) is 0 Å². The van der Waals surface area contributed by atoms with Gasteiger partial charge in [0.1, 0.15) is 0 Å². The van der Waals surface area contributed by atoms with Crippen molar-refractivity contribution in [2.75, 3.05) is 51.3 Å². The number of hydrogen-bond acceptors (Lipinski definition) is 4. The molecule has 0 saturated carbocycles. The van der Waals surface area contributed by atoms with Gasteiger partial charge in [0, 0.05) is 44.0 Å². The van der Waals surface area contributed by atoms with Crippen LogP contribution in [0.1, 0.15) is 22.8 Å². The maximum absolute atomic E-state index is 12.0. The van der Waals surface area contributed by atoms with Crippen molar-refractivity contribution in [3.8, 4) is 0 Å². The van der Waals surface area contributed by atoms with Crippen molar-refractivity contribution < 1.29 is 14.3 Å². The lowest BCUT2D eigenvalue weighted by Gasteiger charge is -2.26. The standard InChI is InChI=1S/C17H26N4O3/c1-3-18-16(22)14-4-5-15(13(2)12-14)20-17(23)19-6-7-21-8-10-24-11-9-21/h4-5,12H,3,6-11H2,1-2H3,(H,18,22)(H2,19,20,23). The van der Waals surface area contributed by atoms with Crippen LogP contribution < -0.4 is 16.0 Å². The highest BCUT2D eigenvalue weighted by Gasteiger charge is 2.11. The summed E-state index contributed by atoms with van der Waals surface area (Å²) in [7, 11) is 0. The van der Waals surface area contributed by atoms with E-state index in [0.717, 1.165) is 38.4 Å². The summed E-state index contributed by atoms with van der Waals surface area (Å²) in [5.41, 5.74) is 2.14. The van der Waals surface area contributed by atoms with Crippen LogP contribution in [0.5, 0.6) is 0 Å². The van der Waals surface area contributed by atoms with E-state index in [1.165, 1.54) is 0 Å². The van der Waals surface area contributed by atoms with Crippen molar-refractivity contribution in [2.45, 2.75) is 13.8 Å². The molecule has 0 aromatic heterocycles. The fourth-order valence-corrected chi connectivity index (χ4v) is 2.53. The number of carbonyl (C=O) groups excluding carboxylic acids is 2. The molecule has 1 aliphatic rings. The lowest BCUT2D eigenvalue weighted by molar-refractivity contribution is 0.0388. The van der Waals surface area contributed by atoms with Crippen LogP contribution in [0.15, 0.2) is 18.2 Å². The first-order chi connectivity index (χ1) is 11.6. The predicted molar refractivity (Wildman–Crippen MR) is 93.5 cm³/mol. The summed E-state index contributed by atoms with van der Waals surface area (Å²) in [6, 6.07) is 4.99. The molecule has 7 nitrogen and oxygen atoms in total. The third kappa shape index (κ3) is 5.50. The molecule has 24 heavy (non-hydrogen) atoms. The topological polar surface area (TPSA) is 82.7 Å². The number of ether oxygens (including phenoxy) is 1. The van der Waals surface area contributed by atoms with Gasteiger partial charge in [-0.15, -0.1) is 0 Å². The number of anilines is 1. The number of hydrogen-bond donors (Lipinski definition) is 3. The number of carbonyl (C=O) groups is 2. The van der Waals surface area contributed by atoms with Crippen molar-refractivity contribution in [2.24, 2.45) is 0 Å². The molecule has 0 radical (unpaired) electrons. The Hall–Kier alpha value is -2.12. The van der Waals surface area contributed by atoms with Crippen molar-refractivity contribution >= 4 is 17.6 Å². The minimum absolute atomic E-state index is 0.109. The van der Waals surface area contributed by atoms with Gasteiger partial charge in [0.05, 0.1) is 13.2 Å². The van der Waals surface area contributed by atoms with E-state index in [2.05, 4.69) is 20.9 Å². The van der Waals surface area contributed by atoms with E-state index in [1.54, 1.807) is 18.2 Å². The van der Waals surface area contributed by atoms with Crippen molar-refractivity contribution in [3.05, 3.63) is 29.3 Å². The Morgan fingerprint density at radius 2 is 1.96 bits per heavy atom. The van der Waals surface area contributed by atoms with Crippen LogP contribution in [0.25, 0.3) is 0 Å². The highest BCUT2D eigenvalue weighted by Crippen LogP contribution is 2.16. The van der Waals surface area contributed by atoms with E-state index in [9.17, 15) is 9.59 Å². The molecule has 0 unspecified atom stereocenters. The quantitative estimate of drug-likeness (QED) is 0.730. The van der Waals surface area contributed by atoms with Gasteiger partial charge >= 0.3 is 6.03 Å². The maximum atomic E-state index is 12.0. The van der Waals surface area contributed by atoms with E-state index in [0.29, 0.717) is 24.3 Å². The van der Waals surface area contributed by atoms with E-state index in [1.807, 2.05) is 13.8 Å². The number of nitrogens with zero attached hydrogens (tertiary/aromatic N) is 1. The zero-order chi connectivity index (χ0) is 17.4. The van der Waals surface area contributed by atoms with Gasteiger partial charge in [-0.3, -0.25) is 9.69 Å². The summed E-state index contributed by atoms with van der Waals surface area (Å²) in [5.74, 6) is -0.109. The van der Waals surface area contributed by atoms with Gasteiger partial charge in [-0.2, -0.15) is 0 Å². The Labute approximate surface area is 142 Å². The summed E-state index contributed by atoms with van der Waals surface area (Å²) < 4.78 is 5.29. The molecule has 132 valence electrons. The van der Waals surface area contributed by atoms with E-state index in [-0.39, 0.29) is 11.9 Å². The van der Waals surface area contributed by atoms with E-state index in [4.69, 9.17) is 4.74 Å². The fraction of sp³-hybridized carbons (Fsp3) is 0.529. The van der Waals surface area contributed by atoms with Crippen molar-refractivity contribution in [1.82, 2.24) is 15.5 Å².